The van der Waals surface area contributed by atoms with Crippen LogP contribution in [0.5, 0.6) is 0 Å². The highest BCUT2D eigenvalue weighted by molar-refractivity contribution is 5.46. The summed E-state index contributed by atoms with van der Waals surface area (Å²) in [7, 11) is 0. The molecule has 0 saturated heterocycles. The van der Waals surface area contributed by atoms with Crippen molar-refractivity contribution in [1.82, 2.24) is 9.97 Å². The van der Waals surface area contributed by atoms with Gasteiger partial charge in [0.05, 0.1) is 5.69 Å². The predicted octanol–water partition coefficient (Wildman–Crippen LogP) is 2.70. The second-order valence-electron chi connectivity index (χ2n) is 2.94. The molecule has 0 fully saturated rings. The summed E-state index contributed by atoms with van der Waals surface area (Å²) in [6.07, 6.45) is 6.23. The average Bonchev–Trinajstić information content (AvgIpc) is 2.34. The number of nitrogens with zero attached hydrogens (tertiary/aromatic N) is 1. The van der Waals surface area contributed by atoms with Gasteiger partial charge in [0, 0.05) is 12.1 Å². The molecule has 12 heavy (non-hydrogen) atoms. The lowest BCUT2D eigenvalue weighted by molar-refractivity contribution is 0.853. The minimum absolute atomic E-state index is 1.04. The van der Waals surface area contributed by atoms with Crippen LogP contribution in [0.25, 0.3) is 6.08 Å². The van der Waals surface area contributed by atoms with Crippen LogP contribution in [0.3, 0.4) is 0 Å². The molecule has 0 radical (unpaired) electrons. The number of aromatic amines is 1. The normalized spacial score (nSPS) is 11.2. The fourth-order valence-electron chi connectivity index (χ4n) is 1.21. The van der Waals surface area contributed by atoms with Crippen molar-refractivity contribution in [2.75, 3.05) is 0 Å². The summed E-state index contributed by atoms with van der Waals surface area (Å²) in [5.41, 5.74) is 2.23. The Kier molecular flexibility index (Phi) is 3.09. The summed E-state index contributed by atoms with van der Waals surface area (Å²) in [5.74, 6) is 1.10. The topological polar surface area (TPSA) is 28.7 Å². The van der Waals surface area contributed by atoms with Gasteiger partial charge in [0.25, 0.3) is 0 Å². The van der Waals surface area contributed by atoms with E-state index in [1.807, 2.05) is 19.1 Å². The summed E-state index contributed by atoms with van der Waals surface area (Å²) < 4.78 is 0. The zero-order valence-electron chi connectivity index (χ0n) is 8.02. The number of nitrogens with one attached hydrogen (secondary N) is 1. The average molecular weight is 164 g/mol. The molecular weight excluding hydrogens is 148 g/mol. The van der Waals surface area contributed by atoms with E-state index in [1.54, 1.807) is 0 Å². The molecule has 0 aliphatic heterocycles. The highest BCUT2D eigenvalue weighted by Crippen LogP contribution is 2.07. The van der Waals surface area contributed by atoms with Gasteiger partial charge in [0.2, 0.25) is 0 Å². The molecule has 1 aromatic rings. The first-order valence-electron chi connectivity index (χ1n) is 4.46. The third kappa shape index (κ3) is 1.97. The molecule has 66 valence electrons. The van der Waals surface area contributed by atoms with E-state index in [2.05, 4.69) is 23.8 Å². The summed E-state index contributed by atoms with van der Waals surface area (Å²) in [6, 6.07) is 0. The van der Waals surface area contributed by atoms with Crippen molar-refractivity contribution in [1.29, 1.82) is 0 Å². The van der Waals surface area contributed by atoms with Gasteiger partial charge >= 0.3 is 0 Å². The first kappa shape index (κ1) is 9.04. The first-order valence-corrected chi connectivity index (χ1v) is 4.46. The second-order valence-corrected chi connectivity index (χ2v) is 2.94. The van der Waals surface area contributed by atoms with E-state index in [4.69, 9.17) is 0 Å². The van der Waals surface area contributed by atoms with Crippen LogP contribution in [0.2, 0.25) is 0 Å². The maximum Gasteiger partial charge on any atom is 0.106 e. The number of H-pyrrole nitrogens is 1. The van der Waals surface area contributed by atoms with E-state index in [0.717, 1.165) is 30.1 Å². The molecule has 0 bridgehead atoms. The Morgan fingerprint density at radius 3 is 2.83 bits per heavy atom. The fraction of sp³-hybridized carbons (Fsp3) is 0.500. The SMILES string of the molecule is C/C=C\c1nc(CCC)[nH]c1C. The van der Waals surface area contributed by atoms with Gasteiger partial charge in [-0.2, -0.15) is 0 Å². The molecule has 0 atom stereocenters. The van der Waals surface area contributed by atoms with E-state index in [-0.39, 0.29) is 0 Å². The molecule has 1 aromatic heterocycles. The Labute approximate surface area is 73.7 Å². The highest BCUT2D eigenvalue weighted by atomic mass is 14.9. The third-order valence-corrected chi connectivity index (χ3v) is 1.78. The summed E-state index contributed by atoms with van der Waals surface area (Å²) in [4.78, 5) is 7.71. The molecule has 0 amide bonds. The van der Waals surface area contributed by atoms with Crippen molar-refractivity contribution in [3.05, 3.63) is 23.3 Å². The quantitative estimate of drug-likeness (QED) is 0.731. The number of hydrogen-bond donors (Lipinski definition) is 1. The summed E-state index contributed by atoms with van der Waals surface area (Å²) >= 11 is 0. The first-order chi connectivity index (χ1) is 5.77. The zero-order chi connectivity index (χ0) is 8.97. The molecule has 1 rings (SSSR count). The Morgan fingerprint density at radius 2 is 2.25 bits per heavy atom. The van der Waals surface area contributed by atoms with Gasteiger partial charge in [0.15, 0.2) is 0 Å². The van der Waals surface area contributed by atoms with Crippen molar-refractivity contribution in [2.45, 2.75) is 33.6 Å². The van der Waals surface area contributed by atoms with Gasteiger partial charge in [-0.15, -0.1) is 0 Å². The number of aryl methyl sites for hydroxylation is 2. The largest absolute Gasteiger partial charge is 0.346 e. The number of rotatable bonds is 3. The van der Waals surface area contributed by atoms with E-state index in [0.29, 0.717) is 0 Å². The second kappa shape index (κ2) is 4.10. The van der Waals surface area contributed by atoms with Gasteiger partial charge in [-0.3, -0.25) is 0 Å². The smallest absolute Gasteiger partial charge is 0.106 e. The fourth-order valence-corrected chi connectivity index (χ4v) is 1.21. The maximum absolute atomic E-state index is 4.45. The van der Waals surface area contributed by atoms with Crippen LogP contribution < -0.4 is 0 Å². The number of hydrogen-bond acceptors (Lipinski definition) is 1. The maximum atomic E-state index is 4.45. The highest BCUT2D eigenvalue weighted by Gasteiger charge is 2.01. The van der Waals surface area contributed by atoms with Crippen LogP contribution in [0, 0.1) is 6.92 Å². The molecule has 0 saturated carbocycles. The monoisotopic (exact) mass is 164 g/mol. The van der Waals surface area contributed by atoms with Gasteiger partial charge in [0.1, 0.15) is 5.82 Å². The Bertz CT molecular complexity index is 271. The minimum atomic E-state index is 1.04. The molecule has 2 heteroatoms. The van der Waals surface area contributed by atoms with Gasteiger partial charge in [-0.25, -0.2) is 4.98 Å². The minimum Gasteiger partial charge on any atom is -0.346 e. The molecule has 0 aliphatic carbocycles. The van der Waals surface area contributed by atoms with Crippen LogP contribution in [-0.4, -0.2) is 9.97 Å². The lowest BCUT2D eigenvalue weighted by Gasteiger charge is -1.87. The molecule has 0 unspecified atom stereocenters. The summed E-state index contributed by atoms with van der Waals surface area (Å²) in [6.45, 7) is 6.22. The lowest BCUT2D eigenvalue weighted by Crippen LogP contribution is -1.84. The third-order valence-electron chi connectivity index (χ3n) is 1.78. The van der Waals surface area contributed by atoms with Gasteiger partial charge in [-0.05, 0) is 26.3 Å². The van der Waals surface area contributed by atoms with Crippen LogP contribution in [0.4, 0.5) is 0 Å². The van der Waals surface area contributed by atoms with Crippen LogP contribution >= 0.6 is 0 Å². The molecule has 2 nitrogen and oxygen atoms in total. The standard InChI is InChI=1S/C10H16N2/c1-4-6-9-8(3)11-10(12-9)7-5-2/h4,6H,5,7H2,1-3H3,(H,11,12)/b6-4-. The van der Waals surface area contributed by atoms with Crippen LogP contribution in [0.15, 0.2) is 6.08 Å². The molecule has 1 N–H and O–H groups in total. The van der Waals surface area contributed by atoms with Crippen molar-refractivity contribution >= 4 is 6.08 Å². The molecule has 0 aromatic carbocycles. The van der Waals surface area contributed by atoms with Crippen molar-refractivity contribution < 1.29 is 0 Å². The number of imidazole rings is 1. The summed E-state index contributed by atoms with van der Waals surface area (Å²) in [5, 5.41) is 0. The zero-order valence-corrected chi connectivity index (χ0v) is 8.02. The number of aromatic nitrogens is 2. The Balaban J connectivity index is 2.84. The van der Waals surface area contributed by atoms with E-state index >= 15 is 0 Å². The predicted molar refractivity (Wildman–Crippen MR) is 52.0 cm³/mol. The molecule has 0 spiro atoms. The van der Waals surface area contributed by atoms with Crippen molar-refractivity contribution in [3.8, 4) is 0 Å². The van der Waals surface area contributed by atoms with Crippen LogP contribution in [-0.2, 0) is 6.42 Å². The van der Waals surface area contributed by atoms with E-state index in [1.165, 1.54) is 0 Å². The molecular formula is C10H16N2. The Hall–Kier alpha value is -1.05. The van der Waals surface area contributed by atoms with Crippen LogP contribution in [0.1, 0.15) is 37.5 Å². The molecule has 0 aliphatic rings. The van der Waals surface area contributed by atoms with Gasteiger partial charge < -0.3 is 4.98 Å². The Morgan fingerprint density at radius 1 is 1.50 bits per heavy atom. The van der Waals surface area contributed by atoms with Gasteiger partial charge in [-0.1, -0.05) is 13.0 Å². The van der Waals surface area contributed by atoms with Crippen molar-refractivity contribution in [2.24, 2.45) is 0 Å². The molecule has 1 heterocycles. The number of allylic oxidation sites excluding steroid dienone is 1. The lowest BCUT2D eigenvalue weighted by atomic mass is 10.3. The van der Waals surface area contributed by atoms with E-state index < -0.39 is 0 Å². The van der Waals surface area contributed by atoms with Crippen molar-refractivity contribution in [3.63, 3.8) is 0 Å². The van der Waals surface area contributed by atoms with E-state index in [9.17, 15) is 0 Å².